The fourth-order valence-electron chi connectivity index (χ4n) is 1.68. The van der Waals surface area contributed by atoms with Crippen LogP contribution in [0.2, 0.25) is 0 Å². The Morgan fingerprint density at radius 3 is 2.43 bits per heavy atom. The standard InChI is InChI=1S/C16H22N2O4S/c1-4-22-16(21)11-23-10-15(20)18(3)9-14(19)17-13-7-5-12(2)6-8-13/h5-8H,4,9-11H2,1-3H3,(H,17,19). The second kappa shape index (κ2) is 9.89. The molecule has 0 saturated heterocycles. The Labute approximate surface area is 140 Å². The molecule has 0 radical (unpaired) electrons. The summed E-state index contributed by atoms with van der Waals surface area (Å²) in [5, 5.41) is 2.73. The lowest BCUT2D eigenvalue weighted by Crippen LogP contribution is -2.36. The second-order valence-electron chi connectivity index (χ2n) is 4.96. The Bertz CT molecular complexity index is 546. The molecular formula is C16H22N2O4S. The third-order valence-electron chi connectivity index (χ3n) is 2.89. The van der Waals surface area contributed by atoms with E-state index in [2.05, 4.69) is 5.32 Å². The predicted molar refractivity (Wildman–Crippen MR) is 91.4 cm³/mol. The highest BCUT2D eigenvalue weighted by atomic mass is 32.2. The van der Waals surface area contributed by atoms with Crippen molar-refractivity contribution in [3.05, 3.63) is 29.8 Å². The molecule has 0 fully saturated rings. The first-order valence-electron chi connectivity index (χ1n) is 7.26. The van der Waals surface area contributed by atoms with Gasteiger partial charge in [0.05, 0.1) is 24.7 Å². The van der Waals surface area contributed by atoms with E-state index in [1.165, 1.54) is 16.7 Å². The SMILES string of the molecule is CCOC(=O)CSCC(=O)N(C)CC(=O)Nc1ccc(C)cc1. The van der Waals surface area contributed by atoms with Crippen LogP contribution in [0.5, 0.6) is 0 Å². The van der Waals surface area contributed by atoms with Crippen molar-refractivity contribution in [1.29, 1.82) is 0 Å². The third-order valence-corrected chi connectivity index (χ3v) is 3.78. The fourth-order valence-corrected chi connectivity index (χ4v) is 2.42. The molecule has 0 bridgehead atoms. The lowest BCUT2D eigenvalue weighted by Gasteiger charge is -2.16. The minimum atomic E-state index is -0.343. The van der Waals surface area contributed by atoms with E-state index in [1.807, 2.05) is 31.2 Å². The summed E-state index contributed by atoms with van der Waals surface area (Å²) in [6.07, 6.45) is 0. The molecule has 0 aliphatic rings. The number of esters is 1. The smallest absolute Gasteiger partial charge is 0.315 e. The molecule has 1 rings (SSSR count). The number of carbonyl (C=O) groups excluding carboxylic acids is 3. The largest absolute Gasteiger partial charge is 0.465 e. The van der Waals surface area contributed by atoms with Gasteiger partial charge in [-0.25, -0.2) is 0 Å². The van der Waals surface area contributed by atoms with Crippen LogP contribution in [0.4, 0.5) is 5.69 Å². The summed E-state index contributed by atoms with van der Waals surface area (Å²) in [4.78, 5) is 36.3. The predicted octanol–water partition coefficient (Wildman–Crippen LogP) is 1.69. The molecule has 23 heavy (non-hydrogen) atoms. The number of nitrogens with zero attached hydrogens (tertiary/aromatic N) is 1. The summed E-state index contributed by atoms with van der Waals surface area (Å²) in [6, 6.07) is 7.42. The number of ether oxygens (including phenoxy) is 1. The van der Waals surface area contributed by atoms with Gasteiger partial charge in [-0.2, -0.15) is 0 Å². The van der Waals surface area contributed by atoms with Crippen molar-refractivity contribution in [2.75, 3.05) is 37.0 Å². The molecule has 1 N–H and O–H groups in total. The van der Waals surface area contributed by atoms with E-state index in [0.717, 1.165) is 5.56 Å². The van der Waals surface area contributed by atoms with Crippen molar-refractivity contribution in [2.45, 2.75) is 13.8 Å². The molecule has 0 unspecified atom stereocenters. The van der Waals surface area contributed by atoms with Crippen molar-refractivity contribution in [2.24, 2.45) is 0 Å². The van der Waals surface area contributed by atoms with Gasteiger partial charge < -0.3 is 15.0 Å². The van der Waals surface area contributed by atoms with Crippen molar-refractivity contribution in [1.82, 2.24) is 4.90 Å². The van der Waals surface area contributed by atoms with Gasteiger partial charge in [-0.05, 0) is 26.0 Å². The number of nitrogens with one attached hydrogen (secondary N) is 1. The molecule has 6 nitrogen and oxygen atoms in total. The van der Waals surface area contributed by atoms with Gasteiger partial charge in [-0.1, -0.05) is 17.7 Å². The lowest BCUT2D eigenvalue weighted by atomic mass is 10.2. The van der Waals surface area contributed by atoms with Gasteiger partial charge in [0.2, 0.25) is 11.8 Å². The molecule has 0 aliphatic carbocycles. The Kier molecular flexibility index (Phi) is 8.18. The quantitative estimate of drug-likeness (QED) is 0.730. The zero-order chi connectivity index (χ0) is 17.2. The average Bonchev–Trinajstić information content (AvgIpc) is 2.49. The van der Waals surface area contributed by atoms with E-state index < -0.39 is 0 Å². The van der Waals surface area contributed by atoms with E-state index >= 15 is 0 Å². The summed E-state index contributed by atoms with van der Waals surface area (Å²) in [6.45, 7) is 3.99. The molecule has 1 aromatic rings. The average molecular weight is 338 g/mol. The van der Waals surface area contributed by atoms with Crippen molar-refractivity contribution < 1.29 is 19.1 Å². The Hall–Kier alpha value is -2.02. The number of likely N-dealkylation sites (N-methyl/N-ethyl adjacent to an activating group) is 1. The zero-order valence-electron chi connectivity index (χ0n) is 13.6. The van der Waals surface area contributed by atoms with Crippen LogP contribution in [0.15, 0.2) is 24.3 Å². The van der Waals surface area contributed by atoms with Gasteiger partial charge in [-0.15, -0.1) is 11.8 Å². The topological polar surface area (TPSA) is 75.7 Å². The maximum atomic E-state index is 11.9. The Balaban J connectivity index is 2.32. The number of aryl methyl sites for hydroxylation is 1. The van der Waals surface area contributed by atoms with E-state index in [0.29, 0.717) is 12.3 Å². The van der Waals surface area contributed by atoms with Crippen LogP contribution >= 0.6 is 11.8 Å². The van der Waals surface area contributed by atoms with Gasteiger partial charge >= 0.3 is 5.97 Å². The van der Waals surface area contributed by atoms with Crippen LogP contribution in [0.1, 0.15) is 12.5 Å². The Morgan fingerprint density at radius 1 is 1.17 bits per heavy atom. The van der Waals surface area contributed by atoms with Crippen LogP contribution in [0.3, 0.4) is 0 Å². The molecule has 0 saturated carbocycles. The number of benzene rings is 1. The number of carbonyl (C=O) groups is 3. The van der Waals surface area contributed by atoms with Crippen LogP contribution in [-0.2, 0) is 19.1 Å². The van der Waals surface area contributed by atoms with Gasteiger partial charge in [0, 0.05) is 12.7 Å². The monoisotopic (exact) mass is 338 g/mol. The summed E-state index contributed by atoms with van der Waals surface area (Å²) < 4.78 is 4.77. The summed E-state index contributed by atoms with van der Waals surface area (Å²) in [5.41, 5.74) is 1.80. The lowest BCUT2D eigenvalue weighted by molar-refractivity contribution is -0.139. The first-order valence-corrected chi connectivity index (χ1v) is 8.41. The summed E-state index contributed by atoms with van der Waals surface area (Å²) in [5.74, 6) is -0.556. The molecule has 1 aromatic carbocycles. The number of thioether (sulfide) groups is 1. The van der Waals surface area contributed by atoms with Crippen molar-refractivity contribution in [3.8, 4) is 0 Å². The minimum absolute atomic E-state index is 0.0350. The van der Waals surface area contributed by atoms with Gasteiger partial charge in [0.15, 0.2) is 0 Å². The van der Waals surface area contributed by atoms with Crippen LogP contribution in [0.25, 0.3) is 0 Å². The normalized spacial score (nSPS) is 10.0. The number of rotatable bonds is 8. The first kappa shape index (κ1) is 19.0. The number of hydrogen-bond acceptors (Lipinski definition) is 5. The molecule has 0 aliphatic heterocycles. The molecule has 0 heterocycles. The molecular weight excluding hydrogens is 316 g/mol. The Morgan fingerprint density at radius 2 is 1.83 bits per heavy atom. The zero-order valence-corrected chi connectivity index (χ0v) is 14.4. The van der Waals surface area contributed by atoms with Crippen LogP contribution < -0.4 is 5.32 Å². The number of amides is 2. The van der Waals surface area contributed by atoms with Gasteiger partial charge in [0.1, 0.15) is 0 Å². The maximum Gasteiger partial charge on any atom is 0.315 e. The minimum Gasteiger partial charge on any atom is -0.465 e. The third kappa shape index (κ3) is 7.69. The highest BCUT2D eigenvalue weighted by Gasteiger charge is 2.14. The van der Waals surface area contributed by atoms with E-state index in [9.17, 15) is 14.4 Å². The van der Waals surface area contributed by atoms with Crippen molar-refractivity contribution in [3.63, 3.8) is 0 Å². The number of hydrogen-bond donors (Lipinski definition) is 1. The van der Waals surface area contributed by atoms with Crippen molar-refractivity contribution >= 4 is 35.2 Å². The molecule has 0 aromatic heterocycles. The molecule has 0 spiro atoms. The molecule has 2 amide bonds. The highest BCUT2D eigenvalue weighted by Crippen LogP contribution is 2.08. The second-order valence-corrected chi connectivity index (χ2v) is 5.95. The molecule has 126 valence electrons. The van der Waals surface area contributed by atoms with E-state index in [-0.39, 0.29) is 35.8 Å². The van der Waals surface area contributed by atoms with E-state index in [1.54, 1.807) is 14.0 Å². The summed E-state index contributed by atoms with van der Waals surface area (Å²) >= 11 is 1.17. The summed E-state index contributed by atoms with van der Waals surface area (Å²) in [7, 11) is 1.56. The fraction of sp³-hybridized carbons (Fsp3) is 0.438. The first-order chi connectivity index (χ1) is 10.9. The van der Waals surface area contributed by atoms with Gasteiger partial charge in [-0.3, -0.25) is 14.4 Å². The molecule has 7 heteroatoms. The highest BCUT2D eigenvalue weighted by molar-refractivity contribution is 8.00. The maximum absolute atomic E-state index is 11.9. The van der Waals surface area contributed by atoms with Crippen LogP contribution in [-0.4, -0.2) is 54.4 Å². The molecule has 0 atom stereocenters. The number of anilines is 1. The van der Waals surface area contributed by atoms with Crippen LogP contribution in [0, 0.1) is 6.92 Å². The van der Waals surface area contributed by atoms with Gasteiger partial charge in [0.25, 0.3) is 0 Å². The van der Waals surface area contributed by atoms with E-state index in [4.69, 9.17) is 4.74 Å².